The number of ether oxygens (including phenoxy) is 1. The summed E-state index contributed by atoms with van der Waals surface area (Å²) in [6.45, 7) is 2.42. The zero-order valence-corrected chi connectivity index (χ0v) is 13.0. The summed E-state index contributed by atoms with van der Waals surface area (Å²) in [5.74, 6) is 0.274. The maximum absolute atomic E-state index is 6.33. The summed E-state index contributed by atoms with van der Waals surface area (Å²) in [7, 11) is 0. The van der Waals surface area contributed by atoms with Crippen LogP contribution in [0.3, 0.4) is 0 Å². The van der Waals surface area contributed by atoms with Gasteiger partial charge in [-0.05, 0) is 30.4 Å². The summed E-state index contributed by atoms with van der Waals surface area (Å²) < 4.78 is 5.37. The largest absolute Gasteiger partial charge is 0.381 e. The van der Waals surface area contributed by atoms with E-state index in [0.29, 0.717) is 18.3 Å². The molecule has 8 heteroatoms. The Morgan fingerprint density at radius 1 is 1.39 bits per heavy atom. The van der Waals surface area contributed by atoms with Gasteiger partial charge in [-0.2, -0.15) is 4.99 Å². The molecule has 3 rings (SSSR count). The Morgan fingerprint density at radius 2 is 2.22 bits per heavy atom. The van der Waals surface area contributed by atoms with Crippen LogP contribution in [0.2, 0.25) is 0 Å². The van der Waals surface area contributed by atoms with Crippen molar-refractivity contribution in [1.82, 2.24) is 15.6 Å². The van der Waals surface area contributed by atoms with E-state index in [9.17, 15) is 0 Å². The van der Waals surface area contributed by atoms with Crippen molar-refractivity contribution in [2.45, 2.75) is 25.0 Å². The highest BCUT2D eigenvalue weighted by Crippen LogP contribution is 2.15. The molecule has 1 aromatic rings. The van der Waals surface area contributed by atoms with Crippen LogP contribution in [0.1, 0.15) is 18.4 Å². The molecule has 0 aliphatic carbocycles. The van der Waals surface area contributed by atoms with Crippen LogP contribution < -0.4 is 22.1 Å². The van der Waals surface area contributed by atoms with E-state index in [1.54, 1.807) is 12.4 Å². The molecule has 1 saturated heterocycles. The van der Waals surface area contributed by atoms with Crippen molar-refractivity contribution < 1.29 is 4.74 Å². The number of pyridine rings is 1. The van der Waals surface area contributed by atoms with Gasteiger partial charge < -0.3 is 21.1 Å². The van der Waals surface area contributed by atoms with Crippen LogP contribution in [-0.2, 0) is 11.2 Å². The first-order valence-electron chi connectivity index (χ1n) is 7.84. The molecule has 0 amide bonds. The van der Waals surface area contributed by atoms with E-state index in [1.165, 1.54) is 0 Å². The van der Waals surface area contributed by atoms with Gasteiger partial charge in [0, 0.05) is 38.6 Å². The number of nitrogens with zero attached hydrogens (tertiary/aromatic N) is 3. The number of aromatic nitrogens is 1. The minimum Gasteiger partial charge on any atom is -0.381 e. The summed E-state index contributed by atoms with van der Waals surface area (Å²) in [5, 5.41) is 6.19. The average molecular weight is 317 g/mol. The van der Waals surface area contributed by atoms with Gasteiger partial charge in [0.05, 0.1) is 0 Å². The number of hydrogen-bond acceptors (Lipinski definition) is 8. The summed E-state index contributed by atoms with van der Waals surface area (Å²) in [4.78, 5) is 12.8. The number of nitrogens with two attached hydrogens (primary N) is 2. The lowest BCUT2D eigenvalue weighted by molar-refractivity contribution is 0.0675. The number of hydrogen-bond donors (Lipinski definition) is 4. The molecule has 0 aromatic carbocycles. The Hall–Kier alpha value is -2.19. The predicted octanol–water partition coefficient (Wildman–Crippen LogP) is -0.473. The fraction of sp³-hybridized carbons (Fsp3) is 0.533. The maximum atomic E-state index is 6.33. The van der Waals surface area contributed by atoms with E-state index in [4.69, 9.17) is 16.2 Å². The Morgan fingerprint density at radius 3 is 2.96 bits per heavy atom. The van der Waals surface area contributed by atoms with Gasteiger partial charge in [0.2, 0.25) is 5.96 Å². The Kier molecular flexibility index (Phi) is 4.73. The van der Waals surface area contributed by atoms with Gasteiger partial charge in [-0.15, -0.1) is 0 Å². The molecule has 1 aromatic heterocycles. The van der Waals surface area contributed by atoms with Gasteiger partial charge in [0.15, 0.2) is 11.7 Å². The van der Waals surface area contributed by atoms with E-state index < -0.39 is 5.79 Å². The molecule has 23 heavy (non-hydrogen) atoms. The lowest BCUT2D eigenvalue weighted by atomic mass is 10.0. The first-order valence-corrected chi connectivity index (χ1v) is 7.84. The summed E-state index contributed by atoms with van der Waals surface area (Å²) in [6, 6.07) is 3.82. The van der Waals surface area contributed by atoms with Gasteiger partial charge >= 0.3 is 0 Å². The molecular formula is C15H23N7O. The van der Waals surface area contributed by atoms with Crippen LogP contribution >= 0.6 is 0 Å². The zero-order chi connectivity index (χ0) is 16.1. The maximum Gasteiger partial charge on any atom is 0.224 e. The third-order valence-corrected chi connectivity index (χ3v) is 3.96. The number of aliphatic imine (C=N–C) groups is 2. The molecule has 0 saturated carbocycles. The molecular weight excluding hydrogens is 294 g/mol. The van der Waals surface area contributed by atoms with Gasteiger partial charge in [-0.1, -0.05) is 6.07 Å². The van der Waals surface area contributed by atoms with Crippen molar-refractivity contribution in [1.29, 1.82) is 0 Å². The topological polar surface area (TPSA) is 123 Å². The summed E-state index contributed by atoms with van der Waals surface area (Å²) in [5.41, 5.74) is 13.2. The van der Waals surface area contributed by atoms with Gasteiger partial charge in [0.1, 0.15) is 0 Å². The fourth-order valence-electron chi connectivity index (χ4n) is 2.77. The molecule has 0 radical (unpaired) electrons. The van der Waals surface area contributed by atoms with Gasteiger partial charge in [-0.3, -0.25) is 10.7 Å². The second-order valence-electron chi connectivity index (χ2n) is 5.96. The second-order valence-corrected chi connectivity index (χ2v) is 5.96. The predicted molar refractivity (Wildman–Crippen MR) is 88.6 cm³/mol. The molecule has 3 heterocycles. The van der Waals surface area contributed by atoms with E-state index in [-0.39, 0.29) is 5.96 Å². The van der Waals surface area contributed by atoms with E-state index in [1.807, 2.05) is 12.1 Å². The lowest BCUT2D eigenvalue weighted by Crippen LogP contribution is -2.61. The molecule has 2 aliphatic rings. The van der Waals surface area contributed by atoms with Crippen LogP contribution in [0.5, 0.6) is 0 Å². The van der Waals surface area contributed by atoms with Crippen molar-refractivity contribution in [3.63, 3.8) is 0 Å². The Balaban J connectivity index is 1.65. The van der Waals surface area contributed by atoms with E-state index in [0.717, 1.165) is 38.2 Å². The first-order chi connectivity index (χ1) is 11.1. The lowest BCUT2D eigenvalue weighted by Gasteiger charge is -2.31. The summed E-state index contributed by atoms with van der Waals surface area (Å²) in [6.07, 6.45) is 6.05. The highest BCUT2D eigenvalue weighted by atomic mass is 16.5. The van der Waals surface area contributed by atoms with Crippen molar-refractivity contribution in [2.24, 2.45) is 27.4 Å². The monoisotopic (exact) mass is 317 g/mol. The van der Waals surface area contributed by atoms with Crippen LogP contribution in [-0.4, -0.2) is 42.4 Å². The standard InChI is InChI=1S/C15H23N7O/c16-13-20-14(19-10-11-3-6-23-7-4-11)22-15(17,21-13)8-12-2-1-5-18-9-12/h1-2,5,9,11H,3-4,6-8,10,17H2,(H4,16,19,20,21,22). The minimum absolute atomic E-state index is 0.265. The summed E-state index contributed by atoms with van der Waals surface area (Å²) >= 11 is 0. The van der Waals surface area contributed by atoms with Gasteiger partial charge in [0.25, 0.3) is 0 Å². The van der Waals surface area contributed by atoms with Gasteiger partial charge in [-0.25, -0.2) is 4.99 Å². The smallest absolute Gasteiger partial charge is 0.224 e. The molecule has 0 bridgehead atoms. The van der Waals surface area contributed by atoms with Crippen LogP contribution in [0.25, 0.3) is 0 Å². The van der Waals surface area contributed by atoms with E-state index >= 15 is 0 Å². The molecule has 0 spiro atoms. The average Bonchev–Trinajstić information content (AvgIpc) is 2.54. The zero-order valence-electron chi connectivity index (χ0n) is 13.0. The SMILES string of the molecule is NC1=NC(NCC2CCOCC2)=NC(N)(Cc2cccnc2)N1. The molecule has 2 aliphatic heterocycles. The Labute approximate surface area is 135 Å². The van der Waals surface area contributed by atoms with Crippen molar-refractivity contribution in [3.05, 3.63) is 30.1 Å². The minimum atomic E-state index is -1.02. The van der Waals surface area contributed by atoms with Crippen molar-refractivity contribution >= 4 is 11.9 Å². The molecule has 124 valence electrons. The highest BCUT2D eigenvalue weighted by molar-refractivity contribution is 5.96. The molecule has 6 N–H and O–H groups in total. The van der Waals surface area contributed by atoms with Crippen LogP contribution in [0.4, 0.5) is 0 Å². The van der Waals surface area contributed by atoms with Crippen molar-refractivity contribution in [2.75, 3.05) is 19.8 Å². The normalized spacial score (nSPS) is 25.3. The molecule has 1 unspecified atom stereocenters. The second kappa shape index (κ2) is 6.93. The fourth-order valence-corrected chi connectivity index (χ4v) is 2.77. The molecule has 1 fully saturated rings. The number of nitrogens with one attached hydrogen (secondary N) is 2. The molecule has 8 nitrogen and oxygen atoms in total. The molecule has 1 atom stereocenters. The number of rotatable bonds is 4. The first kappa shape index (κ1) is 15.7. The Bertz CT molecular complexity index is 583. The van der Waals surface area contributed by atoms with Crippen LogP contribution in [0.15, 0.2) is 34.5 Å². The quantitative estimate of drug-likeness (QED) is 0.595. The van der Waals surface area contributed by atoms with Crippen molar-refractivity contribution in [3.8, 4) is 0 Å². The highest BCUT2D eigenvalue weighted by Gasteiger charge is 2.29. The van der Waals surface area contributed by atoms with E-state index in [2.05, 4.69) is 25.6 Å². The number of guanidine groups is 2. The third kappa shape index (κ3) is 4.40. The third-order valence-electron chi connectivity index (χ3n) is 3.96. The van der Waals surface area contributed by atoms with Crippen LogP contribution in [0, 0.1) is 5.92 Å².